The molecule has 1 aliphatic rings. The van der Waals surface area contributed by atoms with Crippen LogP contribution in [-0.2, 0) is 16.0 Å². The smallest absolute Gasteiger partial charge is 0.139 e. The van der Waals surface area contributed by atoms with Gasteiger partial charge in [0.25, 0.3) is 0 Å². The van der Waals surface area contributed by atoms with Crippen molar-refractivity contribution < 1.29 is 9.53 Å². The minimum atomic E-state index is 0.142. The van der Waals surface area contributed by atoms with Gasteiger partial charge in [-0.1, -0.05) is 29.3 Å². The second kappa shape index (κ2) is 7.99. The highest BCUT2D eigenvalue weighted by Crippen LogP contribution is 2.21. The maximum atomic E-state index is 11.9. The number of Topliss-reactive ketones (excluding diaryl/α,β-unsaturated/α-hetero) is 1. The molecule has 0 aliphatic carbocycles. The van der Waals surface area contributed by atoms with Gasteiger partial charge in [0, 0.05) is 22.9 Å². The van der Waals surface area contributed by atoms with Crippen molar-refractivity contribution in [3.05, 3.63) is 33.8 Å². The molecule has 0 atom stereocenters. The third-order valence-electron chi connectivity index (χ3n) is 3.42. The normalized spacial score (nSPS) is 16.3. The van der Waals surface area contributed by atoms with Gasteiger partial charge in [-0.25, -0.2) is 0 Å². The van der Waals surface area contributed by atoms with Crippen LogP contribution >= 0.6 is 23.2 Å². The Morgan fingerprint density at radius 1 is 1.30 bits per heavy atom. The number of halogens is 2. The molecule has 3 nitrogen and oxygen atoms in total. The van der Waals surface area contributed by atoms with E-state index in [-0.39, 0.29) is 5.78 Å². The Morgan fingerprint density at radius 2 is 2.05 bits per heavy atom. The molecule has 110 valence electrons. The number of rotatable bonds is 6. The molecule has 1 saturated heterocycles. The maximum absolute atomic E-state index is 11.9. The van der Waals surface area contributed by atoms with Gasteiger partial charge in [-0.15, -0.1) is 0 Å². The van der Waals surface area contributed by atoms with E-state index in [4.69, 9.17) is 27.9 Å². The van der Waals surface area contributed by atoms with Gasteiger partial charge in [-0.05, 0) is 43.6 Å². The summed E-state index contributed by atoms with van der Waals surface area (Å²) in [5.41, 5.74) is 0.822. The first kappa shape index (κ1) is 15.8. The van der Waals surface area contributed by atoms with Crippen LogP contribution < -0.4 is 5.32 Å². The second-order valence-corrected chi connectivity index (χ2v) is 5.86. The molecule has 0 radical (unpaired) electrons. The molecule has 1 N–H and O–H groups in total. The number of piperidine rings is 1. The van der Waals surface area contributed by atoms with Crippen LogP contribution in [0.1, 0.15) is 24.8 Å². The highest BCUT2D eigenvalue weighted by Gasteiger charge is 2.14. The third kappa shape index (κ3) is 5.06. The van der Waals surface area contributed by atoms with Crippen molar-refractivity contribution in [1.82, 2.24) is 5.32 Å². The molecule has 1 aromatic rings. The molecular formula is C15H19Cl2NO2. The summed E-state index contributed by atoms with van der Waals surface area (Å²) in [5, 5.41) is 4.42. The number of nitrogens with one attached hydrogen (secondary N) is 1. The number of carbonyl (C=O) groups excluding carboxylic acids is 1. The molecule has 5 heteroatoms. The molecule has 1 fully saturated rings. The van der Waals surface area contributed by atoms with E-state index in [9.17, 15) is 4.79 Å². The zero-order valence-electron chi connectivity index (χ0n) is 11.3. The number of benzene rings is 1. The molecule has 2 rings (SSSR count). The van der Waals surface area contributed by atoms with E-state index in [2.05, 4.69) is 5.32 Å². The van der Waals surface area contributed by atoms with Gasteiger partial charge >= 0.3 is 0 Å². The lowest BCUT2D eigenvalue weighted by molar-refractivity contribution is -0.120. The van der Waals surface area contributed by atoms with Crippen molar-refractivity contribution in [1.29, 1.82) is 0 Å². The van der Waals surface area contributed by atoms with Crippen molar-refractivity contribution in [3.63, 3.8) is 0 Å². The molecule has 1 aliphatic heterocycles. The van der Waals surface area contributed by atoms with E-state index in [1.807, 2.05) is 0 Å². The number of ether oxygens (including phenoxy) is 1. The van der Waals surface area contributed by atoms with Crippen LogP contribution in [0, 0.1) is 0 Å². The predicted octanol–water partition coefficient (Wildman–Crippen LogP) is 3.26. The van der Waals surface area contributed by atoms with Gasteiger partial charge < -0.3 is 10.1 Å². The number of ketones is 1. The lowest BCUT2D eigenvalue weighted by Crippen LogP contribution is -2.32. The first-order valence-corrected chi connectivity index (χ1v) is 7.68. The third-order valence-corrected chi connectivity index (χ3v) is 4.01. The summed E-state index contributed by atoms with van der Waals surface area (Å²) < 4.78 is 5.73. The minimum Gasteiger partial charge on any atom is -0.378 e. The summed E-state index contributed by atoms with van der Waals surface area (Å²) in [6.45, 7) is 2.49. The van der Waals surface area contributed by atoms with Gasteiger partial charge in [-0.3, -0.25) is 4.79 Å². The summed E-state index contributed by atoms with van der Waals surface area (Å²) in [5.74, 6) is 0.142. The lowest BCUT2D eigenvalue weighted by Gasteiger charge is -2.22. The van der Waals surface area contributed by atoms with Crippen molar-refractivity contribution in [2.45, 2.75) is 31.8 Å². The molecule has 0 amide bonds. The zero-order valence-corrected chi connectivity index (χ0v) is 12.8. The van der Waals surface area contributed by atoms with Crippen LogP contribution in [0.15, 0.2) is 18.2 Å². The summed E-state index contributed by atoms with van der Waals surface area (Å²) >= 11 is 11.9. The molecule has 1 heterocycles. The van der Waals surface area contributed by atoms with E-state index in [0.29, 0.717) is 35.6 Å². The number of hydrogen-bond acceptors (Lipinski definition) is 3. The summed E-state index contributed by atoms with van der Waals surface area (Å²) in [6, 6.07) is 5.22. The fourth-order valence-corrected chi connectivity index (χ4v) is 2.74. The van der Waals surface area contributed by atoms with E-state index in [1.165, 1.54) is 0 Å². The Bertz CT molecular complexity index is 459. The van der Waals surface area contributed by atoms with Crippen LogP contribution in [0.5, 0.6) is 0 Å². The van der Waals surface area contributed by atoms with Crippen molar-refractivity contribution in [3.8, 4) is 0 Å². The fraction of sp³-hybridized carbons (Fsp3) is 0.533. The van der Waals surface area contributed by atoms with Gasteiger partial charge in [0.05, 0.1) is 12.7 Å². The predicted molar refractivity (Wildman–Crippen MR) is 81.6 cm³/mol. The topological polar surface area (TPSA) is 38.3 Å². The molecule has 0 spiro atoms. The average molecular weight is 316 g/mol. The SMILES string of the molecule is O=C(CCOC1CCNCC1)Cc1ccc(Cl)cc1Cl. The van der Waals surface area contributed by atoms with E-state index in [0.717, 1.165) is 31.5 Å². The van der Waals surface area contributed by atoms with Crippen LogP contribution in [0.3, 0.4) is 0 Å². The Labute approximate surface area is 129 Å². The quantitative estimate of drug-likeness (QED) is 0.875. The molecule has 20 heavy (non-hydrogen) atoms. The van der Waals surface area contributed by atoms with E-state index >= 15 is 0 Å². The number of carbonyl (C=O) groups is 1. The first-order valence-electron chi connectivity index (χ1n) is 6.93. The maximum Gasteiger partial charge on any atom is 0.139 e. The monoisotopic (exact) mass is 315 g/mol. The average Bonchev–Trinajstić information content (AvgIpc) is 2.43. The largest absolute Gasteiger partial charge is 0.378 e. The molecule has 0 aromatic heterocycles. The number of hydrogen-bond donors (Lipinski definition) is 1. The highest BCUT2D eigenvalue weighted by molar-refractivity contribution is 6.35. The lowest BCUT2D eigenvalue weighted by atomic mass is 10.1. The highest BCUT2D eigenvalue weighted by atomic mass is 35.5. The first-order chi connectivity index (χ1) is 9.65. The summed E-state index contributed by atoms with van der Waals surface area (Å²) in [7, 11) is 0. The van der Waals surface area contributed by atoms with Gasteiger partial charge in [0.2, 0.25) is 0 Å². The van der Waals surface area contributed by atoms with Crippen molar-refractivity contribution >= 4 is 29.0 Å². The molecule has 0 unspecified atom stereocenters. The van der Waals surface area contributed by atoms with Crippen LogP contribution in [0.4, 0.5) is 0 Å². The van der Waals surface area contributed by atoms with Crippen LogP contribution in [-0.4, -0.2) is 31.6 Å². The van der Waals surface area contributed by atoms with E-state index in [1.54, 1.807) is 18.2 Å². The minimum absolute atomic E-state index is 0.142. The Kier molecular flexibility index (Phi) is 6.30. The summed E-state index contributed by atoms with van der Waals surface area (Å²) in [6.07, 6.45) is 3.12. The molecular weight excluding hydrogens is 297 g/mol. The van der Waals surface area contributed by atoms with Crippen LogP contribution in [0.2, 0.25) is 10.0 Å². The van der Waals surface area contributed by atoms with E-state index < -0.39 is 0 Å². The van der Waals surface area contributed by atoms with Crippen molar-refractivity contribution in [2.24, 2.45) is 0 Å². The zero-order chi connectivity index (χ0) is 14.4. The Morgan fingerprint density at radius 3 is 2.75 bits per heavy atom. The van der Waals surface area contributed by atoms with Crippen LogP contribution in [0.25, 0.3) is 0 Å². The standard InChI is InChI=1S/C15H19Cl2NO2/c16-12-2-1-11(15(17)10-12)9-13(19)5-8-20-14-3-6-18-7-4-14/h1-2,10,14,18H,3-9H2. The summed E-state index contributed by atoms with van der Waals surface area (Å²) in [4.78, 5) is 11.9. The van der Waals surface area contributed by atoms with Gasteiger partial charge in [0.1, 0.15) is 5.78 Å². The van der Waals surface area contributed by atoms with Gasteiger partial charge in [-0.2, -0.15) is 0 Å². The molecule has 0 bridgehead atoms. The molecule has 1 aromatic carbocycles. The van der Waals surface area contributed by atoms with Gasteiger partial charge in [0.15, 0.2) is 0 Å². The molecule has 0 saturated carbocycles. The Balaban J connectivity index is 1.72. The second-order valence-electron chi connectivity index (χ2n) is 5.02. The van der Waals surface area contributed by atoms with Crippen molar-refractivity contribution in [2.75, 3.05) is 19.7 Å². The fourth-order valence-electron chi connectivity index (χ4n) is 2.27. The Hall–Kier alpha value is -0.610.